The van der Waals surface area contributed by atoms with Crippen LogP contribution in [-0.2, 0) is 5.41 Å². The first-order valence-corrected chi connectivity index (χ1v) is 8.31. The van der Waals surface area contributed by atoms with E-state index >= 15 is 0 Å². The SMILES string of the molecule is CSc1n[nH]c(C23CC4CC(CC(C4)C2)C3)c1N. The summed E-state index contributed by atoms with van der Waals surface area (Å²) in [5, 5.41) is 8.68. The van der Waals surface area contributed by atoms with Gasteiger partial charge in [0, 0.05) is 5.41 Å². The third-order valence-corrected chi connectivity index (χ3v) is 6.23. The van der Waals surface area contributed by atoms with Crippen LogP contribution < -0.4 is 5.73 Å². The fourth-order valence-corrected chi connectivity index (χ4v) is 5.77. The molecule has 1 aromatic heterocycles. The lowest BCUT2D eigenvalue weighted by Crippen LogP contribution is -2.49. The van der Waals surface area contributed by atoms with Crippen LogP contribution in [0.1, 0.15) is 44.2 Å². The zero-order valence-corrected chi connectivity index (χ0v) is 11.7. The summed E-state index contributed by atoms with van der Waals surface area (Å²) in [5.74, 6) is 2.87. The van der Waals surface area contributed by atoms with Crippen LogP contribution in [0.3, 0.4) is 0 Å². The Labute approximate surface area is 112 Å². The van der Waals surface area contributed by atoms with E-state index in [1.165, 1.54) is 44.2 Å². The minimum atomic E-state index is 0.347. The molecule has 0 radical (unpaired) electrons. The highest BCUT2D eigenvalue weighted by Crippen LogP contribution is 2.61. The van der Waals surface area contributed by atoms with E-state index in [0.717, 1.165) is 28.5 Å². The highest BCUT2D eigenvalue weighted by Gasteiger charge is 2.53. The number of hydrogen-bond donors (Lipinski definition) is 2. The summed E-state index contributed by atoms with van der Waals surface area (Å²) in [4.78, 5) is 0. The number of rotatable bonds is 2. The highest BCUT2D eigenvalue weighted by atomic mass is 32.2. The van der Waals surface area contributed by atoms with Crippen molar-refractivity contribution in [2.24, 2.45) is 17.8 Å². The molecule has 3 nitrogen and oxygen atoms in total. The van der Waals surface area contributed by atoms with Crippen molar-refractivity contribution >= 4 is 17.4 Å². The zero-order valence-electron chi connectivity index (χ0n) is 10.9. The van der Waals surface area contributed by atoms with Crippen LogP contribution in [0.15, 0.2) is 5.03 Å². The maximum atomic E-state index is 6.32. The number of aromatic nitrogens is 2. The molecule has 4 aliphatic carbocycles. The molecule has 4 saturated carbocycles. The van der Waals surface area contributed by atoms with Gasteiger partial charge in [0.25, 0.3) is 0 Å². The van der Waals surface area contributed by atoms with Gasteiger partial charge >= 0.3 is 0 Å². The molecule has 0 spiro atoms. The molecule has 0 unspecified atom stereocenters. The minimum Gasteiger partial charge on any atom is -0.395 e. The van der Waals surface area contributed by atoms with Crippen molar-refractivity contribution in [1.82, 2.24) is 10.2 Å². The number of anilines is 1. The van der Waals surface area contributed by atoms with Gasteiger partial charge in [-0.1, -0.05) is 0 Å². The smallest absolute Gasteiger partial charge is 0.141 e. The Morgan fingerprint density at radius 3 is 2.17 bits per heavy atom. The van der Waals surface area contributed by atoms with Gasteiger partial charge in [0.05, 0.1) is 11.4 Å². The first-order chi connectivity index (χ1) is 8.70. The largest absolute Gasteiger partial charge is 0.395 e. The molecular formula is C14H21N3S. The monoisotopic (exact) mass is 263 g/mol. The molecule has 0 amide bonds. The lowest BCUT2D eigenvalue weighted by molar-refractivity contribution is -0.00687. The maximum Gasteiger partial charge on any atom is 0.141 e. The summed E-state index contributed by atoms with van der Waals surface area (Å²) in [6.07, 6.45) is 10.5. The third kappa shape index (κ3) is 1.41. The van der Waals surface area contributed by atoms with E-state index in [1.807, 2.05) is 0 Å². The minimum absolute atomic E-state index is 0.347. The van der Waals surface area contributed by atoms with E-state index in [1.54, 1.807) is 11.8 Å². The third-order valence-electron chi connectivity index (χ3n) is 5.53. The molecule has 0 aliphatic heterocycles. The molecule has 3 N–H and O–H groups in total. The van der Waals surface area contributed by atoms with Crippen molar-refractivity contribution in [2.75, 3.05) is 12.0 Å². The normalized spacial score (nSPS) is 41.5. The Bertz CT molecular complexity index is 444. The maximum absolute atomic E-state index is 6.32. The summed E-state index contributed by atoms with van der Waals surface area (Å²) in [5.41, 5.74) is 8.87. The fourth-order valence-electron chi connectivity index (χ4n) is 5.31. The summed E-state index contributed by atoms with van der Waals surface area (Å²) < 4.78 is 0. The molecule has 0 aromatic carbocycles. The van der Waals surface area contributed by atoms with Gasteiger partial charge in [-0.25, -0.2) is 0 Å². The van der Waals surface area contributed by atoms with Gasteiger partial charge < -0.3 is 5.73 Å². The lowest BCUT2D eigenvalue weighted by Gasteiger charge is -2.56. The summed E-state index contributed by atoms with van der Waals surface area (Å²) in [6.45, 7) is 0. The van der Waals surface area contributed by atoms with Gasteiger partial charge in [-0.05, 0) is 62.5 Å². The van der Waals surface area contributed by atoms with E-state index in [4.69, 9.17) is 5.73 Å². The molecule has 1 aromatic rings. The van der Waals surface area contributed by atoms with Gasteiger partial charge in [0.15, 0.2) is 0 Å². The number of aromatic amines is 1. The first-order valence-electron chi connectivity index (χ1n) is 7.08. The number of nitrogens with one attached hydrogen (secondary N) is 1. The molecular weight excluding hydrogens is 242 g/mol. The van der Waals surface area contributed by atoms with Crippen LogP contribution in [0.5, 0.6) is 0 Å². The molecule has 18 heavy (non-hydrogen) atoms. The van der Waals surface area contributed by atoms with Gasteiger partial charge in [0.2, 0.25) is 0 Å². The second kappa shape index (κ2) is 3.69. The van der Waals surface area contributed by atoms with Gasteiger partial charge in [0.1, 0.15) is 5.03 Å². The topological polar surface area (TPSA) is 54.7 Å². The van der Waals surface area contributed by atoms with E-state index in [9.17, 15) is 0 Å². The predicted octanol–water partition coefficient (Wildman–Crippen LogP) is 3.18. The Hall–Kier alpha value is -0.640. The molecule has 0 atom stereocenters. The van der Waals surface area contributed by atoms with Crippen molar-refractivity contribution in [3.63, 3.8) is 0 Å². The molecule has 4 heteroatoms. The molecule has 4 fully saturated rings. The summed E-state index contributed by atoms with van der Waals surface area (Å²) in [7, 11) is 0. The van der Waals surface area contributed by atoms with Crippen molar-refractivity contribution in [2.45, 2.75) is 49.0 Å². The number of thioether (sulfide) groups is 1. The molecule has 98 valence electrons. The van der Waals surface area contributed by atoms with Crippen molar-refractivity contribution in [3.05, 3.63) is 5.69 Å². The van der Waals surface area contributed by atoms with E-state index in [0.29, 0.717) is 5.41 Å². The standard InChI is InChI=1S/C14H21N3S/c1-18-13-11(15)12(16-17-13)14-5-8-2-9(6-14)4-10(3-8)7-14/h8-10H,2-7,15H2,1H3,(H,16,17). The lowest BCUT2D eigenvalue weighted by atomic mass is 9.48. The average Bonchev–Trinajstić information content (AvgIpc) is 2.69. The van der Waals surface area contributed by atoms with Gasteiger partial charge in [-0.3, -0.25) is 5.10 Å². The van der Waals surface area contributed by atoms with Crippen molar-refractivity contribution in [1.29, 1.82) is 0 Å². The van der Waals surface area contributed by atoms with Crippen LogP contribution in [0, 0.1) is 17.8 Å². The highest BCUT2D eigenvalue weighted by molar-refractivity contribution is 7.98. The van der Waals surface area contributed by atoms with Crippen molar-refractivity contribution < 1.29 is 0 Å². The summed E-state index contributed by atoms with van der Waals surface area (Å²) >= 11 is 1.65. The molecule has 4 bridgehead atoms. The van der Waals surface area contributed by atoms with Gasteiger partial charge in [-0.15, -0.1) is 11.8 Å². The van der Waals surface area contributed by atoms with Crippen LogP contribution >= 0.6 is 11.8 Å². The molecule has 0 saturated heterocycles. The fraction of sp³-hybridized carbons (Fsp3) is 0.786. The van der Waals surface area contributed by atoms with Crippen molar-refractivity contribution in [3.8, 4) is 0 Å². The second-order valence-electron chi connectivity index (χ2n) is 6.72. The second-order valence-corrected chi connectivity index (χ2v) is 7.51. The average molecular weight is 263 g/mol. The predicted molar refractivity (Wildman–Crippen MR) is 74.6 cm³/mol. The Morgan fingerprint density at radius 1 is 1.17 bits per heavy atom. The van der Waals surface area contributed by atoms with E-state index in [-0.39, 0.29) is 0 Å². The Balaban J connectivity index is 1.76. The van der Waals surface area contributed by atoms with Crippen LogP contribution in [-0.4, -0.2) is 16.5 Å². The molecule has 4 aliphatic rings. The summed E-state index contributed by atoms with van der Waals surface area (Å²) in [6, 6.07) is 0. The van der Waals surface area contributed by atoms with E-state index in [2.05, 4.69) is 16.5 Å². The number of nitrogen functional groups attached to an aromatic ring is 1. The van der Waals surface area contributed by atoms with E-state index < -0.39 is 0 Å². The number of hydrogen-bond acceptors (Lipinski definition) is 3. The molecule has 5 rings (SSSR count). The number of nitrogens with zero attached hydrogens (tertiary/aromatic N) is 1. The quantitative estimate of drug-likeness (QED) is 0.806. The van der Waals surface area contributed by atoms with Crippen LogP contribution in [0.25, 0.3) is 0 Å². The van der Waals surface area contributed by atoms with Crippen LogP contribution in [0.2, 0.25) is 0 Å². The Morgan fingerprint density at radius 2 is 1.72 bits per heavy atom. The zero-order chi connectivity index (χ0) is 12.3. The molecule has 1 heterocycles. The number of H-pyrrole nitrogens is 1. The number of nitrogens with two attached hydrogens (primary N) is 1. The Kier molecular flexibility index (Phi) is 2.30. The van der Waals surface area contributed by atoms with Gasteiger partial charge in [-0.2, -0.15) is 5.10 Å². The van der Waals surface area contributed by atoms with Crippen LogP contribution in [0.4, 0.5) is 5.69 Å². The first kappa shape index (κ1) is 11.2.